The molecule has 0 spiro atoms. The van der Waals surface area contributed by atoms with Crippen molar-refractivity contribution >= 4 is 21.8 Å². The van der Waals surface area contributed by atoms with Gasteiger partial charge >= 0.3 is 0 Å². The van der Waals surface area contributed by atoms with Crippen molar-refractivity contribution in [1.82, 2.24) is 5.32 Å². The molecule has 1 aromatic carbocycles. The van der Waals surface area contributed by atoms with E-state index in [1.165, 1.54) is 0 Å². The molecule has 102 valence electrons. The highest BCUT2D eigenvalue weighted by Crippen LogP contribution is 2.25. The lowest BCUT2D eigenvalue weighted by molar-refractivity contribution is -0.123. The van der Waals surface area contributed by atoms with E-state index in [0.29, 0.717) is 13.0 Å². The van der Waals surface area contributed by atoms with Crippen molar-refractivity contribution < 1.29 is 4.79 Å². The van der Waals surface area contributed by atoms with Crippen molar-refractivity contribution in [3.63, 3.8) is 0 Å². The molecule has 1 atom stereocenters. The molecule has 1 amide bonds. The van der Waals surface area contributed by atoms with E-state index in [0.717, 1.165) is 10.0 Å². The summed E-state index contributed by atoms with van der Waals surface area (Å²) >= 11 is 3.45. The molecule has 1 unspecified atom stereocenters. The summed E-state index contributed by atoms with van der Waals surface area (Å²) in [6.07, 6.45) is 0.541. The number of benzene rings is 1. The molecule has 0 heterocycles. The first-order valence-electron chi connectivity index (χ1n) is 6.34. The van der Waals surface area contributed by atoms with Crippen molar-refractivity contribution in [1.29, 1.82) is 5.26 Å². The fourth-order valence-electron chi connectivity index (χ4n) is 1.78. The largest absolute Gasteiger partial charge is 0.354 e. The van der Waals surface area contributed by atoms with E-state index >= 15 is 0 Å². The summed E-state index contributed by atoms with van der Waals surface area (Å²) in [5, 5.41) is 11.7. The molecule has 0 aliphatic carbocycles. The molecule has 3 nitrogen and oxygen atoms in total. The summed E-state index contributed by atoms with van der Waals surface area (Å²) in [6, 6.07) is 10.1. The van der Waals surface area contributed by atoms with Gasteiger partial charge in [-0.3, -0.25) is 4.79 Å². The first-order valence-corrected chi connectivity index (χ1v) is 7.13. The van der Waals surface area contributed by atoms with Crippen molar-refractivity contribution in [3.05, 3.63) is 34.3 Å². The van der Waals surface area contributed by atoms with Gasteiger partial charge in [-0.05, 0) is 24.1 Å². The molecule has 0 aromatic heterocycles. The van der Waals surface area contributed by atoms with Crippen LogP contribution in [0.2, 0.25) is 0 Å². The second kappa shape index (κ2) is 6.72. The van der Waals surface area contributed by atoms with Crippen molar-refractivity contribution in [3.8, 4) is 6.07 Å². The molecule has 0 fully saturated rings. The van der Waals surface area contributed by atoms with Gasteiger partial charge in [0.15, 0.2) is 0 Å². The maximum Gasteiger partial charge on any atom is 0.237 e. The Kier molecular flexibility index (Phi) is 5.56. The van der Waals surface area contributed by atoms with Gasteiger partial charge in [-0.1, -0.05) is 48.8 Å². The molecule has 0 saturated heterocycles. The minimum atomic E-state index is -0.557. The fraction of sp³-hybridized carbons (Fsp3) is 0.467. The summed E-state index contributed by atoms with van der Waals surface area (Å²) in [6.45, 7) is 6.50. The summed E-state index contributed by atoms with van der Waals surface area (Å²) in [7, 11) is 0. The van der Waals surface area contributed by atoms with Crippen LogP contribution in [0.4, 0.5) is 0 Å². The van der Waals surface area contributed by atoms with Crippen molar-refractivity contribution in [2.45, 2.75) is 32.6 Å². The third-order valence-electron chi connectivity index (χ3n) is 3.19. The number of hydrogen-bond acceptors (Lipinski definition) is 2. The quantitative estimate of drug-likeness (QED) is 0.903. The van der Waals surface area contributed by atoms with E-state index in [1.807, 2.05) is 37.3 Å². The Labute approximate surface area is 123 Å². The minimum absolute atomic E-state index is 0.173. The number of rotatable bonds is 5. The minimum Gasteiger partial charge on any atom is -0.354 e. The highest BCUT2D eigenvalue weighted by Gasteiger charge is 2.23. The zero-order chi connectivity index (χ0) is 14.5. The lowest BCUT2D eigenvalue weighted by Crippen LogP contribution is -2.39. The maximum atomic E-state index is 11.8. The second-order valence-electron chi connectivity index (χ2n) is 5.20. The average molecular weight is 323 g/mol. The van der Waals surface area contributed by atoms with Crippen LogP contribution < -0.4 is 5.32 Å². The number of nitriles is 1. The number of carbonyl (C=O) groups excluding carboxylic acids is 1. The number of nitrogens with one attached hydrogen (secondary N) is 1. The Morgan fingerprint density at radius 2 is 2.21 bits per heavy atom. The molecule has 0 saturated carbocycles. The Hall–Kier alpha value is -1.34. The molecule has 19 heavy (non-hydrogen) atoms. The summed E-state index contributed by atoms with van der Waals surface area (Å²) in [5.41, 5.74) is 0.972. The summed E-state index contributed by atoms with van der Waals surface area (Å²) < 4.78 is 1.02. The van der Waals surface area contributed by atoms with Gasteiger partial charge in [-0.25, -0.2) is 0 Å². The van der Waals surface area contributed by atoms with Crippen LogP contribution in [-0.2, 0) is 10.2 Å². The van der Waals surface area contributed by atoms with E-state index in [2.05, 4.69) is 35.1 Å². The maximum absolute atomic E-state index is 11.8. The van der Waals surface area contributed by atoms with E-state index in [9.17, 15) is 4.79 Å². The third-order valence-corrected chi connectivity index (χ3v) is 3.68. The van der Waals surface area contributed by atoms with E-state index in [4.69, 9.17) is 5.26 Å². The van der Waals surface area contributed by atoms with Crippen LogP contribution in [0, 0.1) is 17.2 Å². The Balaban J connectivity index is 2.71. The van der Waals surface area contributed by atoms with Gasteiger partial charge in [0, 0.05) is 16.4 Å². The lowest BCUT2D eigenvalue weighted by Gasteiger charge is -2.26. The Morgan fingerprint density at radius 3 is 2.74 bits per heavy atom. The first-order chi connectivity index (χ1) is 8.90. The van der Waals surface area contributed by atoms with Crippen LogP contribution in [0.25, 0.3) is 0 Å². The molecular weight excluding hydrogens is 304 g/mol. The van der Waals surface area contributed by atoms with Crippen LogP contribution in [0.15, 0.2) is 28.7 Å². The predicted octanol–water partition coefficient (Wildman–Crippen LogP) is 3.39. The standard InChI is InChI=1S/C15H19BrN2O/c1-4-11(9-17)14(19)18-10-15(2,3)12-6-5-7-13(16)8-12/h5-8,11H,4,10H2,1-3H3,(H,18,19). The van der Waals surface area contributed by atoms with Gasteiger partial charge in [0.25, 0.3) is 0 Å². The zero-order valence-corrected chi connectivity index (χ0v) is 13.1. The van der Waals surface area contributed by atoms with Gasteiger partial charge in [0.2, 0.25) is 5.91 Å². The topological polar surface area (TPSA) is 52.9 Å². The van der Waals surface area contributed by atoms with Crippen LogP contribution in [0.5, 0.6) is 0 Å². The SMILES string of the molecule is CCC(C#N)C(=O)NCC(C)(C)c1cccc(Br)c1. The van der Waals surface area contributed by atoms with Gasteiger partial charge in [-0.2, -0.15) is 5.26 Å². The smallest absolute Gasteiger partial charge is 0.237 e. The monoisotopic (exact) mass is 322 g/mol. The zero-order valence-electron chi connectivity index (χ0n) is 11.5. The number of carbonyl (C=O) groups is 1. The number of amides is 1. The van der Waals surface area contributed by atoms with Crippen molar-refractivity contribution in [2.75, 3.05) is 6.54 Å². The van der Waals surface area contributed by atoms with E-state index < -0.39 is 5.92 Å². The molecule has 0 aliphatic rings. The molecule has 0 bridgehead atoms. The molecule has 4 heteroatoms. The molecule has 1 aromatic rings. The average Bonchev–Trinajstić information content (AvgIpc) is 2.38. The van der Waals surface area contributed by atoms with Crippen molar-refractivity contribution in [2.24, 2.45) is 5.92 Å². The highest BCUT2D eigenvalue weighted by atomic mass is 79.9. The molecule has 1 N–H and O–H groups in total. The second-order valence-corrected chi connectivity index (χ2v) is 6.12. The molecular formula is C15H19BrN2O. The van der Waals surface area contributed by atoms with Gasteiger partial charge in [0.05, 0.1) is 6.07 Å². The van der Waals surface area contributed by atoms with Gasteiger partial charge < -0.3 is 5.32 Å². The van der Waals surface area contributed by atoms with Crippen LogP contribution >= 0.6 is 15.9 Å². The molecule has 1 rings (SSSR count). The predicted molar refractivity (Wildman–Crippen MR) is 79.6 cm³/mol. The third kappa shape index (κ3) is 4.36. The van der Waals surface area contributed by atoms with Gasteiger partial charge in [0.1, 0.15) is 5.92 Å². The summed E-state index contributed by atoms with van der Waals surface area (Å²) in [4.78, 5) is 11.8. The Bertz CT molecular complexity index is 491. The Morgan fingerprint density at radius 1 is 1.53 bits per heavy atom. The van der Waals surface area contributed by atoms with Crippen LogP contribution in [0.3, 0.4) is 0 Å². The fourth-order valence-corrected chi connectivity index (χ4v) is 2.18. The van der Waals surface area contributed by atoms with Crippen LogP contribution in [0.1, 0.15) is 32.8 Å². The summed E-state index contributed by atoms with van der Waals surface area (Å²) in [5.74, 6) is -0.744. The first kappa shape index (κ1) is 15.7. The van der Waals surface area contributed by atoms with E-state index in [-0.39, 0.29) is 11.3 Å². The van der Waals surface area contributed by atoms with Gasteiger partial charge in [-0.15, -0.1) is 0 Å². The molecule has 0 radical (unpaired) electrons. The molecule has 0 aliphatic heterocycles. The van der Waals surface area contributed by atoms with E-state index in [1.54, 1.807) is 0 Å². The number of hydrogen-bond donors (Lipinski definition) is 1. The number of nitrogens with zero attached hydrogens (tertiary/aromatic N) is 1. The van der Waals surface area contributed by atoms with Crippen LogP contribution in [-0.4, -0.2) is 12.5 Å². The highest BCUT2D eigenvalue weighted by molar-refractivity contribution is 9.10. The normalized spacial score (nSPS) is 12.6. The number of halogens is 1. The lowest BCUT2D eigenvalue weighted by atomic mass is 9.84.